The van der Waals surface area contributed by atoms with Crippen LogP contribution in [0.15, 0.2) is 30.6 Å². The first kappa shape index (κ1) is 13.1. The summed E-state index contributed by atoms with van der Waals surface area (Å²) in [7, 11) is 0. The maximum absolute atomic E-state index is 13.7. The number of nitrogens with zero attached hydrogens (tertiary/aromatic N) is 4. The van der Waals surface area contributed by atoms with Crippen molar-refractivity contribution < 1.29 is 13.9 Å². The molecular weight excluding hydrogens is 275 g/mol. The highest BCUT2D eigenvalue weighted by molar-refractivity contribution is 5.89. The number of terminal acetylenes is 1. The molecule has 0 N–H and O–H groups in total. The minimum Gasteiger partial charge on any atom is -0.442 e. The molecule has 2 aromatic rings. The van der Waals surface area contributed by atoms with Gasteiger partial charge in [-0.3, -0.25) is 4.90 Å². The fraction of sp³-hybridized carbons (Fsp3) is 0.214. The molecule has 0 spiro atoms. The average molecular weight is 286 g/mol. The van der Waals surface area contributed by atoms with Crippen molar-refractivity contribution in [1.82, 2.24) is 15.0 Å². The quantitative estimate of drug-likeness (QED) is 0.801. The first-order valence-electron chi connectivity index (χ1n) is 6.26. The average Bonchev–Trinajstić information content (AvgIpc) is 3.09. The lowest BCUT2D eigenvalue weighted by atomic mass is 10.2. The van der Waals surface area contributed by atoms with Gasteiger partial charge in [-0.2, -0.15) is 0 Å². The molecule has 0 bridgehead atoms. The lowest BCUT2D eigenvalue weighted by molar-refractivity contribution is 0.129. The largest absolute Gasteiger partial charge is 0.442 e. The van der Waals surface area contributed by atoms with Crippen molar-refractivity contribution in [2.24, 2.45) is 0 Å². The summed E-state index contributed by atoms with van der Waals surface area (Å²) >= 11 is 0. The van der Waals surface area contributed by atoms with Crippen molar-refractivity contribution in [2.45, 2.75) is 12.6 Å². The van der Waals surface area contributed by atoms with Crippen LogP contribution in [0.5, 0.6) is 0 Å². The lowest BCUT2D eigenvalue weighted by Crippen LogP contribution is -2.26. The van der Waals surface area contributed by atoms with E-state index in [0.29, 0.717) is 18.8 Å². The number of amides is 1. The van der Waals surface area contributed by atoms with E-state index in [9.17, 15) is 9.18 Å². The van der Waals surface area contributed by atoms with Gasteiger partial charge in [0.15, 0.2) is 0 Å². The standard InChI is InChI=1S/C14H11FN4O2/c1-2-10-3-4-11(7-13(10)15)19-9-12(21-14(19)20)8-18-6-5-16-17-18/h1,3-7,12H,8-9H2. The van der Waals surface area contributed by atoms with Gasteiger partial charge in [0, 0.05) is 6.20 Å². The van der Waals surface area contributed by atoms with Gasteiger partial charge in [-0.05, 0) is 18.2 Å². The molecule has 1 aromatic heterocycles. The zero-order valence-corrected chi connectivity index (χ0v) is 10.9. The summed E-state index contributed by atoms with van der Waals surface area (Å²) in [4.78, 5) is 13.2. The number of carbonyl (C=O) groups excluding carboxylic acids is 1. The van der Waals surface area contributed by atoms with Gasteiger partial charge in [0.1, 0.15) is 11.9 Å². The Morgan fingerprint density at radius 1 is 1.52 bits per heavy atom. The molecule has 1 saturated heterocycles. The van der Waals surface area contributed by atoms with Gasteiger partial charge in [-0.15, -0.1) is 11.5 Å². The Balaban J connectivity index is 1.76. The Hall–Kier alpha value is -2.88. The Morgan fingerprint density at radius 2 is 2.38 bits per heavy atom. The van der Waals surface area contributed by atoms with E-state index >= 15 is 0 Å². The topological polar surface area (TPSA) is 60.3 Å². The smallest absolute Gasteiger partial charge is 0.414 e. The molecule has 1 amide bonds. The first-order valence-corrected chi connectivity index (χ1v) is 6.26. The molecule has 106 valence electrons. The molecule has 1 atom stereocenters. The Morgan fingerprint density at radius 3 is 3.05 bits per heavy atom. The van der Waals surface area contributed by atoms with Crippen LogP contribution in [-0.4, -0.2) is 33.7 Å². The predicted molar refractivity (Wildman–Crippen MR) is 72.0 cm³/mol. The maximum Gasteiger partial charge on any atom is 0.414 e. The van der Waals surface area contributed by atoms with Crippen LogP contribution in [0, 0.1) is 18.2 Å². The zero-order valence-electron chi connectivity index (χ0n) is 10.9. The van der Waals surface area contributed by atoms with Gasteiger partial charge in [-0.1, -0.05) is 11.1 Å². The highest BCUT2D eigenvalue weighted by atomic mass is 19.1. The van der Waals surface area contributed by atoms with Crippen LogP contribution >= 0.6 is 0 Å². The molecule has 7 heteroatoms. The summed E-state index contributed by atoms with van der Waals surface area (Å²) in [5.74, 6) is 1.70. The van der Waals surface area contributed by atoms with Crippen LogP contribution in [0.1, 0.15) is 5.56 Å². The third-order valence-corrected chi connectivity index (χ3v) is 3.16. The number of benzene rings is 1. The van der Waals surface area contributed by atoms with Gasteiger partial charge >= 0.3 is 6.09 Å². The molecule has 21 heavy (non-hydrogen) atoms. The Labute approximate surface area is 120 Å². The molecule has 0 saturated carbocycles. The van der Waals surface area contributed by atoms with E-state index in [-0.39, 0.29) is 11.7 Å². The van der Waals surface area contributed by atoms with Crippen LogP contribution in [0.2, 0.25) is 0 Å². The van der Waals surface area contributed by atoms with Gasteiger partial charge in [-0.25, -0.2) is 13.9 Å². The molecule has 2 heterocycles. The van der Waals surface area contributed by atoms with Crippen molar-refractivity contribution in [3.8, 4) is 12.3 Å². The van der Waals surface area contributed by atoms with E-state index in [2.05, 4.69) is 16.2 Å². The van der Waals surface area contributed by atoms with Crippen LogP contribution in [-0.2, 0) is 11.3 Å². The normalized spacial score (nSPS) is 17.6. The first-order chi connectivity index (χ1) is 10.2. The van der Waals surface area contributed by atoms with Crippen molar-refractivity contribution in [2.75, 3.05) is 11.4 Å². The highest BCUT2D eigenvalue weighted by Gasteiger charge is 2.33. The second-order valence-electron chi connectivity index (χ2n) is 4.55. The molecular formula is C14H11FN4O2. The summed E-state index contributed by atoms with van der Waals surface area (Å²) in [5, 5.41) is 7.50. The molecule has 1 aliphatic rings. The SMILES string of the molecule is C#Cc1ccc(N2CC(Cn3ccnn3)OC2=O)cc1F. The van der Waals surface area contributed by atoms with E-state index in [1.54, 1.807) is 23.1 Å². The number of hydrogen-bond acceptors (Lipinski definition) is 4. The van der Waals surface area contributed by atoms with Crippen molar-refractivity contribution in [3.05, 3.63) is 42.0 Å². The summed E-state index contributed by atoms with van der Waals surface area (Å²) in [6.45, 7) is 0.709. The Bertz CT molecular complexity index is 708. The minimum atomic E-state index is -0.539. The molecule has 1 unspecified atom stereocenters. The third kappa shape index (κ3) is 2.56. The number of rotatable bonds is 3. The summed E-state index contributed by atoms with van der Waals surface area (Å²) < 4.78 is 20.5. The minimum absolute atomic E-state index is 0.158. The van der Waals surface area contributed by atoms with Crippen LogP contribution in [0.4, 0.5) is 14.9 Å². The molecule has 1 aromatic carbocycles. The van der Waals surface area contributed by atoms with Crippen LogP contribution < -0.4 is 4.90 Å². The van der Waals surface area contributed by atoms with E-state index in [0.717, 1.165) is 0 Å². The molecule has 0 aliphatic carbocycles. The number of aromatic nitrogens is 3. The van der Waals surface area contributed by atoms with E-state index in [1.165, 1.54) is 17.0 Å². The van der Waals surface area contributed by atoms with Gasteiger partial charge in [0.05, 0.1) is 30.5 Å². The number of hydrogen-bond donors (Lipinski definition) is 0. The fourth-order valence-electron chi connectivity index (χ4n) is 2.16. The fourth-order valence-corrected chi connectivity index (χ4v) is 2.16. The zero-order chi connectivity index (χ0) is 14.8. The van der Waals surface area contributed by atoms with E-state index < -0.39 is 11.9 Å². The number of halogens is 1. The molecule has 6 nitrogen and oxygen atoms in total. The summed E-state index contributed by atoms with van der Waals surface area (Å²) in [6.07, 6.45) is 7.50. The van der Waals surface area contributed by atoms with Crippen LogP contribution in [0.3, 0.4) is 0 Å². The molecule has 1 fully saturated rings. The molecule has 3 rings (SSSR count). The third-order valence-electron chi connectivity index (χ3n) is 3.16. The Kier molecular flexibility index (Phi) is 3.28. The highest BCUT2D eigenvalue weighted by Crippen LogP contribution is 2.24. The second kappa shape index (κ2) is 5.25. The van der Waals surface area contributed by atoms with Crippen molar-refractivity contribution >= 4 is 11.8 Å². The van der Waals surface area contributed by atoms with E-state index in [1.807, 2.05) is 0 Å². The van der Waals surface area contributed by atoms with Crippen LogP contribution in [0.25, 0.3) is 0 Å². The maximum atomic E-state index is 13.7. The lowest BCUT2D eigenvalue weighted by Gasteiger charge is -2.13. The molecule has 1 aliphatic heterocycles. The number of carbonyl (C=O) groups is 1. The van der Waals surface area contributed by atoms with Gasteiger partial charge < -0.3 is 4.74 Å². The number of anilines is 1. The molecule has 0 radical (unpaired) electrons. The predicted octanol–water partition coefficient (Wildman–Crippen LogP) is 1.42. The van der Waals surface area contributed by atoms with Crippen molar-refractivity contribution in [3.63, 3.8) is 0 Å². The summed E-state index contributed by atoms with van der Waals surface area (Å²) in [5.41, 5.74) is 0.572. The number of cyclic esters (lactones) is 1. The van der Waals surface area contributed by atoms with E-state index in [4.69, 9.17) is 11.2 Å². The monoisotopic (exact) mass is 286 g/mol. The summed E-state index contributed by atoms with van der Waals surface area (Å²) in [6, 6.07) is 4.29. The number of ether oxygens (including phenoxy) is 1. The van der Waals surface area contributed by atoms with Gasteiger partial charge in [0.2, 0.25) is 0 Å². The van der Waals surface area contributed by atoms with Gasteiger partial charge in [0.25, 0.3) is 0 Å². The second-order valence-corrected chi connectivity index (χ2v) is 4.55. The van der Waals surface area contributed by atoms with Crippen molar-refractivity contribution in [1.29, 1.82) is 0 Å².